The number of hydrogen-bond acceptors (Lipinski definition) is 4. The number of nitrogens with one attached hydrogen (secondary N) is 3. The van der Waals surface area contributed by atoms with Crippen LogP contribution in [0, 0.1) is 0 Å². The van der Waals surface area contributed by atoms with E-state index in [9.17, 15) is 9.90 Å². The topological polar surface area (TPSA) is 73.4 Å². The first-order chi connectivity index (χ1) is 13.6. The molecule has 1 atom stereocenters. The van der Waals surface area contributed by atoms with Gasteiger partial charge in [0, 0.05) is 34.9 Å². The van der Waals surface area contributed by atoms with Crippen LogP contribution in [0.25, 0.3) is 0 Å². The fourth-order valence-corrected chi connectivity index (χ4v) is 2.70. The van der Waals surface area contributed by atoms with Crippen molar-refractivity contribution in [3.63, 3.8) is 0 Å². The number of carbonyl (C=O) groups excluding carboxylic acids is 1. The number of alkyl halides is 1. The highest BCUT2D eigenvalue weighted by Gasteiger charge is 2.08. The third kappa shape index (κ3) is 5.74. The molecule has 0 saturated heterocycles. The Morgan fingerprint density at radius 2 is 1.50 bits per heavy atom. The van der Waals surface area contributed by atoms with E-state index < -0.39 is 6.10 Å². The first-order valence-corrected chi connectivity index (χ1v) is 9.49. The second kappa shape index (κ2) is 9.78. The standard InChI is InChI=1S/C22H22ClN3O2/c23-14-21(27)15-24-20-8-4-5-16(13-20)22(28)26-19-11-9-18(10-12-19)25-17-6-2-1-3-7-17/h1-13,21,24-25,27H,14-15H2,(H,26,28). The third-order valence-electron chi connectivity index (χ3n) is 4.05. The minimum atomic E-state index is -0.637. The van der Waals surface area contributed by atoms with Gasteiger partial charge >= 0.3 is 0 Å². The lowest BCUT2D eigenvalue weighted by Crippen LogP contribution is -2.21. The van der Waals surface area contributed by atoms with Crippen molar-refractivity contribution in [2.24, 2.45) is 0 Å². The molecule has 0 aliphatic carbocycles. The van der Waals surface area contributed by atoms with Crippen LogP contribution < -0.4 is 16.0 Å². The Morgan fingerprint density at radius 3 is 2.21 bits per heavy atom. The summed E-state index contributed by atoms with van der Waals surface area (Å²) in [5.41, 5.74) is 3.92. The zero-order valence-electron chi connectivity index (χ0n) is 15.2. The van der Waals surface area contributed by atoms with Crippen LogP contribution in [-0.4, -0.2) is 29.5 Å². The van der Waals surface area contributed by atoms with Crippen LogP contribution in [0.3, 0.4) is 0 Å². The van der Waals surface area contributed by atoms with E-state index in [2.05, 4.69) is 16.0 Å². The average molecular weight is 396 g/mol. The number of aliphatic hydroxyl groups excluding tert-OH is 1. The van der Waals surface area contributed by atoms with Gasteiger partial charge in [-0.05, 0) is 54.6 Å². The highest BCUT2D eigenvalue weighted by Crippen LogP contribution is 2.19. The monoisotopic (exact) mass is 395 g/mol. The Kier molecular flexibility index (Phi) is 6.89. The van der Waals surface area contributed by atoms with E-state index >= 15 is 0 Å². The summed E-state index contributed by atoms with van der Waals surface area (Å²) in [5, 5.41) is 18.8. The molecule has 1 unspecified atom stereocenters. The summed E-state index contributed by atoms with van der Waals surface area (Å²) in [6, 6.07) is 24.5. The zero-order valence-corrected chi connectivity index (χ0v) is 16.0. The van der Waals surface area contributed by atoms with Gasteiger partial charge in [0.1, 0.15) is 0 Å². The molecule has 1 amide bonds. The number of hydrogen-bond donors (Lipinski definition) is 4. The van der Waals surface area contributed by atoms with E-state index in [0.29, 0.717) is 17.8 Å². The molecule has 28 heavy (non-hydrogen) atoms. The van der Waals surface area contributed by atoms with Crippen LogP contribution in [0.5, 0.6) is 0 Å². The summed E-state index contributed by atoms with van der Waals surface area (Å²) in [5.74, 6) is -0.0484. The SMILES string of the molecule is O=C(Nc1ccc(Nc2ccccc2)cc1)c1cccc(NCC(O)CCl)c1. The molecule has 144 valence electrons. The number of rotatable bonds is 8. The molecule has 0 saturated carbocycles. The van der Waals surface area contributed by atoms with Crippen LogP contribution >= 0.6 is 11.6 Å². The van der Waals surface area contributed by atoms with E-state index in [1.807, 2.05) is 60.7 Å². The van der Waals surface area contributed by atoms with Crippen molar-refractivity contribution in [3.8, 4) is 0 Å². The van der Waals surface area contributed by atoms with E-state index in [1.165, 1.54) is 0 Å². The molecule has 0 radical (unpaired) electrons. The van der Waals surface area contributed by atoms with Crippen LogP contribution in [0.1, 0.15) is 10.4 Å². The lowest BCUT2D eigenvalue weighted by molar-refractivity contribution is 0.102. The molecule has 5 nitrogen and oxygen atoms in total. The van der Waals surface area contributed by atoms with E-state index in [1.54, 1.807) is 18.2 Å². The highest BCUT2D eigenvalue weighted by molar-refractivity contribution is 6.18. The maximum absolute atomic E-state index is 12.5. The fraction of sp³-hybridized carbons (Fsp3) is 0.136. The number of benzene rings is 3. The van der Waals surface area contributed by atoms with Crippen molar-refractivity contribution in [2.45, 2.75) is 6.10 Å². The maximum atomic E-state index is 12.5. The van der Waals surface area contributed by atoms with Crippen LogP contribution in [-0.2, 0) is 0 Å². The van der Waals surface area contributed by atoms with Gasteiger partial charge in [-0.2, -0.15) is 0 Å². The minimum absolute atomic E-state index is 0.155. The molecule has 0 bridgehead atoms. The largest absolute Gasteiger partial charge is 0.390 e. The van der Waals surface area contributed by atoms with Crippen molar-refractivity contribution in [3.05, 3.63) is 84.4 Å². The average Bonchev–Trinajstić information content (AvgIpc) is 2.74. The first kappa shape index (κ1) is 19.7. The normalized spacial score (nSPS) is 11.5. The Bertz CT molecular complexity index is 901. The Balaban J connectivity index is 1.60. The highest BCUT2D eigenvalue weighted by atomic mass is 35.5. The van der Waals surface area contributed by atoms with Crippen molar-refractivity contribution >= 4 is 40.3 Å². The van der Waals surface area contributed by atoms with Gasteiger partial charge in [0.05, 0.1) is 12.0 Å². The molecular weight excluding hydrogens is 374 g/mol. The smallest absolute Gasteiger partial charge is 0.255 e. The molecule has 0 spiro atoms. The maximum Gasteiger partial charge on any atom is 0.255 e. The Hall–Kier alpha value is -3.02. The molecule has 0 aliphatic rings. The minimum Gasteiger partial charge on any atom is -0.390 e. The van der Waals surface area contributed by atoms with Gasteiger partial charge in [-0.1, -0.05) is 24.3 Å². The molecular formula is C22H22ClN3O2. The van der Waals surface area contributed by atoms with Crippen molar-refractivity contribution in [2.75, 3.05) is 28.4 Å². The van der Waals surface area contributed by atoms with E-state index in [0.717, 1.165) is 17.1 Å². The second-order valence-corrected chi connectivity index (χ2v) is 6.60. The van der Waals surface area contributed by atoms with Crippen molar-refractivity contribution in [1.29, 1.82) is 0 Å². The number of carbonyl (C=O) groups is 1. The van der Waals surface area contributed by atoms with E-state index in [4.69, 9.17) is 11.6 Å². The number of para-hydroxylation sites is 1. The van der Waals surface area contributed by atoms with Gasteiger partial charge in [0.25, 0.3) is 5.91 Å². The third-order valence-corrected chi connectivity index (χ3v) is 4.41. The molecule has 4 N–H and O–H groups in total. The van der Waals surface area contributed by atoms with Crippen LogP contribution in [0.2, 0.25) is 0 Å². The van der Waals surface area contributed by atoms with Crippen LogP contribution in [0.4, 0.5) is 22.7 Å². The van der Waals surface area contributed by atoms with Crippen LogP contribution in [0.15, 0.2) is 78.9 Å². The molecule has 3 aromatic rings. The zero-order chi connectivity index (χ0) is 19.8. The summed E-state index contributed by atoms with van der Waals surface area (Å²) in [4.78, 5) is 12.5. The molecule has 6 heteroatoms. The molecule has 0 aliphatic heterocycles. The van der Waals surface area contributed by atoms with Crippen molar-refractivity contribution in [1.82, 2.24) is 0 Å². The van der Waals surface area contributed by atoms with Gasteiger partial charge in [-0.25, -0.2) is 0 Å². The molecule has 0 fully saturated rings. The number of anilines is 4. The van der Waals surface area contributed by atoms with Gasteiger partial charge in [0.15, 0.2) is 0 Å². The molecule has 0 aromatic heterocycles. The van der Waals surface area contributed by atoms with Gasteiger partial charge < -0.3 is 21.1 Å². The van der Waals surface area contributed by atoms with Gasteiger partial charge in [0.2, 0.25) is 0 Å². The molecule has 3 rings (SSSR count). The summed E-state index contributed by atoms with van der Waals surface area (Å²) in [6.07, 6.45) is -0.637. The summed E-state index contributed by atoms with van der Waals surface area (Å²) < 4.78 is 0. The van der Waals surface area contributed by atoms with E-state index in [-0.39, 0.29) is 11.8 Å². The Labute approximate surface area is 169 Å². The Morgan fingerprint density at radius 1 is 0.857 bits per heavy atom. The molecule has 3 aromatic carbocycles. The summed E-state index contributed by atoms with van der Waals surface area (Å²) in [6.45, 7) is 0.324. The van der Waals surface area contributed by atoms with Crippen molar-refractivity contribution < 1.29 is 9.90 Å². The fourth-order valence-electron chi connectivity index (χ4n) is 2.59. The molecule has 0 heterocycles. The lowest BCUT2D eigenvalue weighted by Gasteiger charge is -2.12. The van der Waals surface area contributed by atoms with Gasteiger partial charge in [-0.15, -0.1) is 11.6 Å². The van der Waals surface area contributed by atoms with Gasteiger partial charge in [-0.3, -0.25) is 4.79 Å². The summed E-state index contributed by atoms with van der Waals surface area (Å²) >= 11 is 5.59. The number of halogens is 1. The lowest BCUT2D eigenvalue weighted by atomic mass is 10.1. The summed E-state index contributed by atoms with van der Waals surface area (Å²) in [7, 11) is 0. The number of aliphatic hydroxyl groups is 1. The number of amides is 1. The second-order valence-electron chi connectivity index (χ2n) is 6.29. The quantitative estimate of drug-likeness (QED) is 0.417. The predicted molar refractivity (Wildman–Crippen MR) is 116 cm³/mol. The first-order valence-electron chi connectivity index (χ1n) is 8.95. The predicted octanol–water partition coefficient (Wildman–Crippen LogP) is 4.69.